The summed E-state index contributed by atoms with van der Waals surface area (Å²) in [6, 6.07) is 16.4. The number of thioether (sulfide) groups is 1. The fraction of sp³-hybridized carbons (Fsp3) is 0.208. The minimum Gasteiger partial charge on any atom is -0.325 e. The lowest BCUT2D eigenvalue weighted by molar-refractivity contribution is -0.113. The molecule has 164 valence electrons. The van der Waals surface area contributed by atoms with Crippen LogP contribution in [0.15, 0.2) is 64.5 Å². The Labute approximate surface area is 199 Å². The van der Waals surface area contributed by atoms with Crippen LogP contribution in [0.4, 0.5) is 5.69 Å². The summed E-state index contributed by atoms with van der Waals surface area (Å²) in [7, 11) is 0. The van der Waals surface area contributed by atoms with Crippen LogP contribution < -0.4 is 10.9 Å². The van der Waals surface area contributed by atoms with Crippen LogP contribution in [0.2, 0.25) is 5.02 Å². The first-order valence-electron chi connectivity index (χ1n) is 10.3. The number of aryl methyl sites for hydroxylation is 2. The Morgan fingerprint density at radius 1 is 1.16 bits per heavy atom. The van der Waals surface area contributed by atoms with Gasteiger partial charge in [0.25, 0.3) is 5.56 Å². The molecule has 2 aromatic carbocycles. The number of para-hydroxylation sites is 1. The van der Waals surface area contributed by atoms with E-state index in [0.29, 0.717) is 21.3 Å². The Bertz CT molecular complexity index is 1320. The summed E-state index contributed by atoms with van der Waals surface area (Å²) in [6.07, 6.45) is 1.93. The maximum absolute atomic E-state index is 13.6. The number of nitrogens with zero attached hydrogens (tertiary/aromatic N) is 2. The number of fused-ring (bicyclic) bond motifs is 1. The van der Waals surface area contributed by atoms with Crippen molar-refractivity contribution in [1.82, 2.24) is 9.55 Å². The Hall–Kier alpha value is -2.61. The van der Waals surface area contributed by atoms with Crippen molar-refractivity contribution in [1.29, 1.82) is 0 Å². The fourth-order valence-corrected chi connectivity index (χ4v) is 5.70. The summed E-state index contributed by atoms with van der Waals surface area (Å²) in [4.78, 5) is 32.8. The van der Waals surface area contributed by atoms with Gasteiger partial charge in [0.2, 0.25) is 5.91 Å². The number of nitrogens with one attached hydrogen (secondary N) is 1. The van der Waals surface area contributed by atoms with E-state index in [-0.39, 0.29) is 17.2 Å². The van der Waals surface area contributed by atoms with E-state index in [9.17, 15) is 9.59 Å². The number of amides is 1. The van der Waals surface area contributed by atoms with Gasteiger partial charge in [0, 0.05) is 15.6 Å². The van der Waals surface area contributed by atoms with Crippen molar-refractivity contribution in [3.8, 4) is 5.69 Å². The first kappa shape index (κ1) is 22.6. The maximum Gasteiger partial charge on any atom is 0.267 e. The molecule has 4 rings (SSSR count). The highest BCUT2D eigenvalue weighted by atomic mass is 35.5. The van der Waals surface area contributed by atoms with E-state index in [1.54, 1.807) is 40.2 Å². The normalized spacial score (nSPS) is 11.1. The third-order valence-electron chi connectivity index (χ3n) is 4.98. The zero-order valence-electron chi connectivity index (χ0n) is 17.7. The van der Waals surface area contributed by atoms with Crippen LogP contribution in [0, 0.1) is 6.92 Å². The van der Waals surface area contributed by atoms with Crippen molar-refractivity contribution in [2.45, 2.75) is 31.8 Å². The molecule has 0 saturated heterocycles. The van der Waals surface area contributed by atoms with Gasteiger partial charge >= 0.3 is 0 Å². The molecule has 32 heavy (non-hydrogen) atoms. The number of aromatic nitrogens is 2. The number of anilines is 1. The van der Waals surface area contributed by atoms with Crippen LogP contribution in [-0.2, 0) is 11.2 Å². The van der Waals surface area contributed by atoms with Crippen LogP contribution >= 0.6 is 34.7 Å². The van der Waals surface area contributed by atoms with Gasteiger partial charge in [0.15, 0.2) is 5.16 Å². The van der Waals surface area contributed by atoms with Crippen molar-refractivity contribution in [2.75, 3.05) is 11.1 Å². The second-order valence-corrected chi connectivity index (χ2v) is 9.76. The third kappa shape index (κ3) is 4.75. The summed E-state index contributed by atoms with van der Waals surface area (Å²) >= 11 is 8.72. The van der Waals surface area contributed by atoms with Gasteiger partial charge in [-0.1, -0.05) is 54.9 Å². The smallest absolute Gasteiger partial charge is 0.267 e. The number of rotatable bonds is 7. The summed E-state index contributed by atoms with van der Waals surface area (Å²) in [5.74, 6) is -0.0557. The third-order valence-corrected chi connectivity index (χ3v) is 7.42. The Morgan fingerprint density at radius 2 is 1.88 bits per heavy atom. The van der Waals surface area contributed by atoms with E-state index < -0.39 is 0 Å². The molecule has 0 unspecified atom stereocenters. The maximum atomic E-state index is 13.6. The molecule has 0 atom stereocenters. The fourth-order valence-electron chi connectivity index (χ4n) is 3.44. The highest BCUT2D eigenvalue weighted by molar-refractivity contribution is 7.99. The van der Waals surface area contributed by atoms with E-state index in [0.717, 1.165) is 28.9 Å². The van der Waals surface area contributed by atoms with Gasteiger partial charge in [-0.15, -0.1) is 11.3 Å². The van der Waals surface area contributed by atoms with Crippen LogP contribution in [-0.4, -0.2) is 21.2 Å². The minimum absolute atomic E-state index is 0.0992. The highest BCUT2D eigenvalue weighted by Gasteiger charge is 2.19. The number of halogens is 1. The molecule has 0 radical (unpaired) electrons. The molecule has 2 aromatic heterocycles. The molecular formula is C24H22ClN3O2S2. The summed E-state index contributed by atoms with van der Waals surface area (Å²) < 4.78 is 1.61. The Kier molecular flexibility index (Phi) is 6.98. The van der Waals surface area contributed by atoms with E-state index in [2.05, 4.69) is 12.2 Å². The quantitative estimate of drug-likeness (QED) is 0.255. The molecule has 0 fully saturated rings. The zero-order valence-corrected chi connectivity index (χ0v) is 20.1. The summed E-state index contributed by atoms with van der Waals surface area (Å²) in [5.41, 5.74) is 2.31. The van der Waals surface area contributed by atoms with E-state index in [1.165, 1.54) is 16.6 Å². The standard InChI is InChI=1S/C24H22ClN3O2S2/c1-3-7-19-15(2)21-22(32-19)27-24(28(23(21)30)18-8-5-4-6-9-18)31-14-20(29)26-17-12-10-16(25)11-13-17/h4-6,8-13H,3,7,14H2,1-2H3,(H,26,29). The van der Waals surface area contributed by atoms with E-state index in [4.69, 9.17) is 16.6 Å². The summed E-state index contributed by atoms with van der Waals surface area (Å²) in [5, 5.41) is 4.62. The van der Waals surface area contributed by atoms with Crippen LogP contribution in [0.5, 0.6) is 0 Å². The second-order valence-electron chi connectivity index (χ2n) is 7.29. The first-order valence-corrected chi connectivity index (χ1v) is 12.4. The first-order chi connectivity index (χ1) is 15.5. The lowest BCUT2D eigenvalue weighted by atomic mass is 10.1. The average molecular weight is 484 g/mol. The predicted molar refractivity (Wildman–Crippen MR) is 135 cm³/mol. The van der Waals surface area contributed by atoms with Crippen molar-refractivity contribution in [3.63, 3.8) is 0 Å². The monoisotopic (exact) mass is 483 g/mol. The average Bonchev–Trinajstić information content (AvgIpc) is 3.10. The van der Waals surface area contributed by atoms with Gasteiger partial charge < -0.3 is 5.32 Å². The molecule has 5 nitrogen and oxygen atoms in total. The van der Waals surface area contributed by atoms with Gasteiger partial charge in [-0.05, 0) is 55.3 Å². The molecule has 2 heterocycles. The molecule has 4 aromatic rings. The number of hydrogen-bond acceptors (Lipinski definition) is 5. The lowest BCUT2D eigenvalue weighted by Gasteiger charge is -2.12. The number of thiophene rings is 1. The molecule has 0 spiro atoms. The SMILES string of the molecule is CCCc1sc2nc(SCC(=O)Nc3ccc(Cl)cc3)n(-c3ccccc3)c(=O)c2c1C. The molecule has 1 amide bonds. The van der Waals surface area contributed by atoms with Crippen molar-refractivity contribution < 1.29 is 4.79 Å². The van der Waals surface area contributed by atoms with Gasteiger partial charge in [0.05, 0.1) is 16.8 Å². The van der Waals surface area contributed by atoms with E-state index in [1.807, 2.05) is 37.3 Å². The summed E-state index contributed by atoms with van der Waals surface area (Å²) in [6.45, 7) is 4.12. The molecular weight excluding hydrogens is 462 g/mol. The largest absolute Gasteiger partial charge is 0.325 e. The molecule has 0 aliphatic heterocycles. The van der Waals surface area contributed by atoms with Crippen molar-refractivity contribution >= 4 is 56.5 Å². The molecule has 8 heteroatoms. The number of carbonyl (C=O) groups is 1. The molecule has 1 N–H and O–H groups in total. The van der Waals surface area contributed by atoms with Gasteiger partial charge in [-0.2, -0.15) is 0 Å². The number of benzene rings is 2. The van der Waals surface area contributed by atoms with Crippen LogP contribution in [0.25, 0.3) is 15.9 Å². The highest BCUT2D eigenvalue weighted by Crippen LogP contribution is 2.31. The zero-order chi connectivity index (χ0) is 22.7. The van der Waals surface area contributed by atoms with Crippen molar-refractivity contribution in [3.05, 3.63) is 80.4 Å². The predicted octanol–water partition coefficient (Wildman–Crippen LogP) is 6.09. The number of hydrogen-bond donors (Lipinski definition) is 1. The topological polar surface area (TPSA) is 64.0 Å². The van der Waals surface area contributed by atoms with Gasteiger partial charge in [-0.25, -0.2) is 4.98 Å². The van der Waals surface area contributed by atoms with Gasteiger partial charge in [-0.3, -0.25) is 14.2 Å². The molecule has 0 bridgehead atoms. The Balaban J connectivity index is 1.69. The molecule has 0 aliphatic rings. The van der Waals surface area contributed by atoms with Crippen LogP contribution in [0.3, 0.4) is 0 Å². The molecule has 0 aliphatic carbocycles. The second kappa shape index (κ2) is 9.90. The Morgan fingerprint density at radius 3 is 2.56 bits per heavy atom. The molecule has 0 saturated carbocycles. The van der Waals surface area contributed by atoms with Crippen molar-refractivity contribution in [2.24, 2.45) is 0 Å². The van der Waals surface area contributed by atoms with E-state index >= 15 is 0 Å². The minimum atomic E-state index is -0.180. The lowest BCUT2D eigenvalue weighted by Crippen LogP contribution is -2.22. The van der Waals surface area contributed by atoms with Gasteiger partial charge in [0.1, 0.15) is 4.83 Å². The number of carbonyl (C=O) groups excluding carboxylic acids is 1. The van der Waals surface area contributed by atoms with Crippen LogP contribution in [0.1, 0.15) is 23.8 Å².